The Labute approximate surface area is 132 Å². The first kappa shape index (κ1) is 16.3. The van der Waals surface area contributed by atoms with Crippen molar-refractivity contribution in [3.05, 3.63) is 52.8 Å². The van der Waals surface area contributed by atoms with E-state index in [1.807, 2.05) is 31.2 Å². The van der Waals surface area contributed by atoms with Gasteiger partial charge in [0.1, 0.15) is 0 Å². The number of hydrogen-bond acceptors (Lipinski definition) is 2. The summed E-state index contributed by atoms with van der Waals surface area (Å²) in [5.74, 6) is 0.353. The molecule has 3 heteroatoms. The van der Waals surface area contributed by atoms with Crippen LogP contribution in [0.5, 0.6) is 0 Å². The number of nitrogens with one attached hydrogen (secondary N) is 1. The van der Waals surface area contributed by atoms with Crippen molar-refractivity contribution in [1.29, 1.82) is 0 Å². The number of hydrogen-bond donors (Lipinski definition) is 1. The smallest absolute Gasteiger partial charge is 0.257 e. The molecule has 0 spiro atoms. The van der Waals surface area contributed by atoms with Gasteiger partial charge in [0.05, 0.1) is 6.26 Å². The van der Waals surface area contributed by atoms with Crippen molar-refractivity contribution in [2.45, 2.75) is 52.9 Å². The van der Waals surface area contributed by atoms with Gasteiger partial charge in [-0.1, -0.05) is 40.2 Å². The lowest BCUT2D eigenvalue weighted by atomic mass is 9.89. The lowest BCUT2D eigenvalue weighted by Gasteiger charge is -2.14. The number of benzene rings is 1. The van der Waals surface area contributed by atoms with Crippen molar-refractivity contribution in [2.75, 3.05) is 5.32 Å². The highest BCUT2D eigenvalue weighted by atomic mass is 16.3. The molecule has 118 valence electrons. The Balaban J connectivity index is 2.12. The van der Waals surface area contributed by atoms with Crippen LogP contribution in [0.1, 0.15) is 61.2 Å². The standard InChI is InChI=1S/C19H25NO2/c1-6-7-14-8-9-15(10-13(14)2)18(21)20-17-11-16(12-22-17)19(3,4)5/h8-12H,6-7H2,1-5H3,(H,20,21). The summed E-state index contributed by atoms with van der Waals surface area (Å²) < 4.78 is 5.44. The number of anilines is 1. The molecule has 0 aliphatic rings. The first-order valence-electron chi connectivity index (χ1n) is 7.81. The molecular weight excluding hydrogens is 274 g/mol. The number of amides is 1. The fraction of sp³-hybridized carbons (Fsp3) is 0.421. The van der Waals surface area contributed by atoms with Gasteiger partial charge < -0.3 is 4.42 Å². The Bertz CT molecular complexity index is 662. The van der Waals surface area contributed by atoms with Crippen LogP contribution >= 0.6 is 0 Å². The van der Waals surface area contributed by atoms with E-state index in [1.54, 1.807) is 6.26 Å². The Kier molecular flexibility index (Phi) is 4.74. The summed E-state index contributed by atoms with van der Waals surface area (Å²) in [6.07, 6.45) is 3.85. The fourth-order valence-electron chi connectivity index (χ4n) is 2.37. The normalized spacial score (nSPS) is 11.5. The van der Waals surface area contributed by atoms with Crippen LogP contribution < -0.4 is 5.32 Å². The lowest BCUT2D eigenvalue weighted by Crippen LogP contribution is -2.12. The number of furan rings is 1. The Morgan fingerprint density at radius 3 is 2.50 bits per heavy atom. The highest BCUT2D eigenvalue weighted by Crippen LogP contribution is 2.26. The quantitative estimate of drug-likeness (QED) is 0.854. The molecule has 1 aromatic carbocycles. The zero-order valence-corrected chi connectivity index (χ0v) is 14.1. The van der Waals surface area contributed by atoms with Crippen LogP contribution in [0.4, 0.5) is 5.88 Å². The van der Waals surface area contributed by atoms with E-state index in [9.17, 15) is 4.79 Å². The molecule has 1 amide bonds. The van der Waals surface area contributed by atoms with Crippen molar-refractivity contribution < 1.29 is 9.21 Å². The van der Waals surface area contributed by atoms with Gasteiger partial charge in [0.25, 0.3) is 5.91 Å². The van der Waals surface area contributed by atoms with Gasteiger partial charge in [0, 0.05) is 11.6 Å². The van der Waals surface area contributed by atoms with Crippen LogP contribution in [0.2, 0.25) is 0 Å². The third kappa shape index (κ3) is 3.79. The van der Waals surface area contributed by atoms with E-state index in [0.717, 1.165) is 24.0 Å². The van der Waals surface area contributed by atoms with Gasteiger partial charge in [0.15, 0.2) is 5.88 Å². The maximum absolute atomic E-state index is 12.3. The van der Waals surface area contributed by atoms with Gasteiger partial charge in [0.2, 0.25) is 0 Å². The monoisotopic (exact) mass is 299 g/mol. The third-order valence-electron chi connectivity index (χ3n) is 3.83. The lowest BCUT2D eigenvalue weighted by molar-refractivity contribution is 0.102. The maximum atomic E-state index is 12.3. The molecule has 0 bridgehead atoms. The van der Waals surface area contributed by atoms with Gasteiger partial charge in [-0.2, -0.15) is 0 Å². The van der Waals surface area contributed by atoms with Crippen LogP contribution in [-0.2, 0) is 11.8 Å². The fourth-order valence-corrected chi connectivity index (χ4v) is 2.37. The van der Waals surface area contributed by atoms with E-state index in [-0.39, 0.29) is 11.3 Å². The summed E-state index contributed by atoms with van der Waals surface area (Å²) in [6, 6.07) is 7.74. The van der Waals surface area contributed by atoms with Gasteiger partial charge in [-0.15, -0.1) is 0 Å². The Hall–Kier alpha value is -2.03. The van der Waals surface area contributed by atoms with Crippen molar-refractivity contribution in [2.24, 2.45) is 0 Å². The van der Waals surface area contributed by atoms with Crippen LogP contribution in [-0.4, -0.2) is 5.91 Å². The number of aryl methyl sites for hydroxylation is 2. The second kappa shape index (κ2) is 6.39. The zero-order valence-electron chi connectivity index (χ0n) is 14.1. The molecule has 0 aliphatic carbocycles. The zero-order chi connectivity index (χ0) is 16.3. The van der Waals surface area contributed by atoms with Gasteiger partial charge in [-0.05, 0) is 47.6 Å². The Morgan fingerprint density at radius 1 is 1.23 bits per heavy atom. The molecule has 2 aromatic rings. The van der Waals surface area contributed by atoms with Crippen LogP contribution in [0.25, 0.3) is 0 Å². The molecule has 22 heavy (non-hydrogen) atoms. The van der Waals surface area contributed by atoms with Gasteiger partial charge in [-0.3, -0.25) is 10.1 Å². The average Bonchev–Trinajstić information content (AvgIpc) is 2.89. The van der Waals surface area contributed by atoms with Gasteiger partial charge in [-0.25, -0.2) is 0 Å². The van der Waals surface area contributed by atoms with Crippen LogP contribution in [0.15, 0.2) is 34.9 Å². The first-order chi connectivity index (χ1) is 10.3. The average molecular weight is 299 g/mol. The first-order valence-corrected chi connectivity index (χ1v) is 7.81. The minimum absolute atomic E-state index is 0.00483. The topological polar surface area (TPSA) is 42.2 Å². The van der Waals surface area contributed by atoms with Gasteiger partial charge >= 0.3 is 0 Å². The molecule has 2 rings (SSSR count). The molecule has 1 heterocycles. The van der Waals surface area contributed by atoms with E-state index in [1.165, 1.54) is 5.56 Å². The van der Waals surface area contributed by atoms with Crippen LogP contribution in [0, 0.1) is 6.92 Å². The molecule has 0 saturated carbocycles. The predicted octanol–water partition coefficient (Wildman–Crippen LogP) is 5.09. The van der Waals surface area contributed by atoms with Crippen molar-refractivity contribution in [1.82, 2.24) is 0 Å². The number of rotatable bonds is 4. The summed E-state index contributed by atoms with van der Waals surface area (Å²) in [4.78, 5) is 12.3. The molecule has 1 N–H and O–H groups in total. The molecule has 0 unspecified atom stereocenters. The second-order valence-electron chi connectivity index (χ2n) is 6.80. The van der Waals surface area contributed by atoms with E-state index in [2.05, 4.69) is 33.0 Å². The summed E-state index contributed by atoms with van der Waals surface area (Å²) >= 11 is 0. The molecule has 0 aliphatic heterocycles. The molecule has 0 fully saturated rings. The minimum atomic E-state index is -0.138. The van der Waals surface area contributed by atoms with Crippen molar-refractivity contribution >= 4 is 11.8 Å². The molecule has 0 radical (unpaired) electrons. The number of carbonyl (C=O) groups excluding carboxylic acids is 1. The summed E-state index contributed by atoms with van der Waals surface area (Å²) in [6.45, 7) is 10.5. The predicted molar refractivity (Wildman–Crippen MR) is 90.5 cm³/mol. The summed E-state index contributed by atoms with van der Waals surface area (Å²) in [5, 5.41) is 2.82. The highest BCUT2D eigenvalue weighted by molar-refractivity contribution is 6.03. The van der Waals surface area contributed by atoms with E-state index in [4.69, 9.17) is 4.42 Å². The van der Waals surface area contributed by atoms with E-state index < -0.39 is 0 Å². The molecule has 0 atom stereocenters. The molecular formula is C19H25NO2. The molecule has 0 saturated heterocycles. The molecule has 1 aromatic heterocycles. The van der Waals surface area contributed by atoms with E-state index >= 15 is 0 Å². The maximum Gasteiger partial charge on any atom is 0.257 e. The summed E-state index contributed by atoms with van der Waals surface area (Å²) in [5.41, 5.74) is 4.19. The molecule has 3 nitrogen and oxygen atoms in total. The largest absolute Gasteiger partial charge is 0.448 e. The number of carbonyl (C=O) groups is 1. The van der Waals surface area contributed by atoms with Crippen LogP contribution in [0.3, 0.4) is 0 Å². The minimum Gasteiger partial charge on any atom is -0.448 e. The second-order valence-corrected chi connectivity index (χ2v) is 6.80. The highest BCUT2D eigenvalue weighted by Gasteiger charge is 2.18. The SMILES string of the molecule is CCCc1ccc(C(=O)Nc2cc(C(C)(C)C)co2)cc1C. The van der Waals surface area contributed by atoms with E-state index in [0.29, 0.717) is 11.4 Å². The van der Waals surface area contributed by atoms with Crippen molar-refractivity contribution in [3.8, 4) is 0 Å². The Morgan fingerprint density at radius 2 is 1.95 bits per heavy atom. The third-order valence-corrected chi connectivity index (χ3v) is 3.83. The summed E-state index contributed by atoms with van der Waals surface area (Å²) in [7, 11) is 0. The van der Waals surface area contributed by atoms with Crippen molar-refractivity contribution in [3.63, 3.8) is 0 Å².